The van der Waals surface area contributed by atoms with Crippen molar-refractivity contribution in [3.05, 3.63) is 59.2 Å². The van der Waals surface area contributed by atoms with Gasteiger partial charge in [0.1, 0.15) is 11.5 Å². The van der Waals surface area contributed by atoms with Gasteiger partial charge in [-0.25, -0.2) is 18.2 Å². The fourth-order valence-electron chi connectivity index (χ4n) is 2.90. The first-order valence-corrected chi connectivity index (χ1v) is 8.68. The molecular weight excluding hydrogens is 401 g/mol. The molecule has 156 valence electrons. The Morgan fingerprint density at radius 3 is 2.73 bits per heavy atom. The van der Waals surface area contributed by atoms with Gasteiger partial charge in [-0.2, -0.15) is 0 Å². The van der Waals surface area contributed by atoms with E-state index in [1.807, 2.05) is 0 Å². The number of alkyl halides is 2. The van der Waals surface area contributed by atoms with E-state index in [9.17, 15) is 22.8 Å². The minimum Gasteiger partial charge on any atom is -0.379 e. The number of hydrogen-bond acceptors (Lipinski definition) is 6. The maximum atomic E-state index is 14.5. The van der Waals surface area contributed by atoms with Gasteiger partial charge in [-0.05, 0) is 30.3 Å². The number of aromatic nitrogens is 1. The Hall–Kier alpha value is -3.76. The van der Waals surface area contributed by atoms with Crippen LogP contribution in [0.5, 0.6) is 0 Å². The molecule has 2 aromatic rings. The van der Waals surface area contributed by atoms with Crippen LogP contribution in [0.4, 0.5) is 18.9 Å². The van der Waals surface area contributed by atoms with E-state index in [-0.39, 0.29) is 11.4 Å². The summed E-state index contributed by atoms with van der Waals surface area (Å²) >= 11 is 0. The van der Waals surface area contributed by atoms with Gasteiger partial charge in [0.25, 0.3) is 18.2 Å². The lowest BCUT2D eigenvalue weighted by molar-refractivity contribution is -0.116. The summed E-state index contributed by atoms with van der Waals surface area (Å²) in [6.07, 6.45) is -0.183. The van der Waals surface area contributed by atoms with Crippen LogP contribution in [0, 0.1) is 5.82 Å². The van der Waals surface area contributed by atoms with Gasteiger partial charge in [0.2, 0.25) is 0 Å². The van der Waals surface area contributed by atoms with E-state index in [0.717, 1.165) is 12.1 Å². The Bertz CT molecular complexity index is 1040. The van der Waals surface area contributed by atoms with Crippen molar-refractivity contribution in [3.8, 4) is 0 Å². The molecule has 0 bridgehead atoms. The van der Waals surface area contributed by atoms with Crippen molar-refractivity contribution in [2.24, 2.45) is 15.7 Å². The summed E-state index contributed by atoms with van der Waals surface area (Å²) in [5, 5.41) is 4.66. The molecule has 1 aromatic carbocycles. The molecule has 0 radical (unpaired) electrons. The number of pyridine rings is 1. The molecule has 0 fully saturated rings. The van der Waals surface area contributed by atoms with Gasteiger partial charge in [0.05, 0.1) is 6.54 Å². The molecule has 2 amide bonds. The Morgan fingerprint density at radius 2 is 2.13 bits per heavy atom. The van der Waals surface area contributed by atoms with Gasteiger partial charge in [-0.15, -0.1) is 0 Å². The van der Waals surface area contributed by atoms with Crippen LogP contribution < -0.4 is 16.4 Å². The third kappa shape index (κ3) is 4.00. The number of aliphatic imine (C=N–C) groups is 2. The number of nitrogens with one attached hydrogen (secondary N) is 2. The lowest BCUT2D eigenvalue weighted by Crippen LogP contribution is -2.54. The molecule has 1 aliphatic heterocycles. The van der Waals surface area contributed by atoms with E-state index in [4.69, 9.17) is 5.73 Å². The highest BCUT2D eigenvalue weighted by molar-refractivity contribution is 6.37. The molecule has 0 saturated carbocycles. The summed E-state index contributed by atoms with van der Waals surface area (Å²) in [5.74, 6) is -3.12. The average molecular weight is 418 g/mol. The highest BCUT2D eigenvalue weighted by Gasteiger charge is 2.47. The number of halogens is 3. The van der Waals surface area contributed by atoms with E-state index in [0.29, 0.717) is 5.56 Å². The summed E-state index contributed by atoms with van der Waals surface area (Å²) in [5.41, 5.74) is 3.27. The largest absolute Gasteiger partial charge is 0.379 e. The van der Waals surface area contributed by atoms with Crippen LogP contribution in [0.3, 0.4) is 0 Å². The van der Waals surface area contributed by atoms with Gasteiger partial charge < -0.3 is 16.4 Å². The summed E-state index contributed by atoms with van der Waals surface area (Å²) in [6.45, 7) is -0.652. The minimum atomic E-state index is -3.17. The van der Waals surface area contributed by atoms with Crippen molar-refractivity contribution in [2.45, 2.75) is 12.0 Å². The molecule has 1 aromatic heterocycles. The summed E-state index contributed by atoms with van der Waals surface area (Å²) in [7, 11) is 1.59. The Labute approximate surface area is 169 Å². The van der Waals surface area contributed by atoms with Crippen molar-refractivity contribution in [1.29, 1.82) is 0 Å². The van der Waals surface area contributed by atoms with Gasteiger partial charge in [0, 0.05) is 36.3 Å². The quantitative estimate of drug-likeness (QED) is 0.637. The van der Waals surface area contributed by atoms with Crippen molar-refractivity contribution in [3.63, 3.8) is 0 Å². The van der Waals surface area contributed by atoms with E-state index in [1.54, 1.807) is 19.3 Å². The number of nitrogens with two attached hydrogens (primary N) is 1. The standard InChI is InChI=1S/C19H17F3N6O2/c1-24-7-10-2-5-14(25-8-10)16(29)27-11-3-4-13(20)12(6-11)19(18(21)22)9-26-17(30)15(23)28-19/h2-8,18H,9H2,1H3,(H2,23,28)(H,26,30)(H,27,29). The molecule has 3 rings (SSSR count). The SMILES string of the molecule is CN=Cc1ccc(C(=O)Nc2ccc(F)c(C3(C(F)F)CNC(=O)C(N)=N3)c2)nc1. The highest BCUT2D eigenvalue weighted by Crippen LogP contribution is 2.37. The molecule has 4 N–H and O–H groups in total. The number of rotatable bonds is 5. The molecule has 8 nitrogen and oxygen atoms in total. The van der Waals surface area contributed by atoms with Crippen LogP contribution >= 0.6 is 0 Å². The normalized spacial score (nSPS) is 19.0. The minimum absolute atomic E-state index is 0.0445. The van der Waals surface area contributed by atoms with Crippen LogP contribution in [0.2, 0.25) is 0 Å². The lowest BCUT2D eigenvalue weighted by Gasteiger charge is -2.33. The molecule has 30 heavy (non-hydrogen) atoms. The molecule has 1 atom stereocenters. The number of carbonyl (C=O) groups is 2. The number of amidine groups is 1. The maximum absolute atomic E-state index is 14.5. The zero-order valence-electron chi connectivity index (χ0n) is 15.7. The van der Waals surface area contributed by atoms with Crippen LogP contribution in [0.25, 0.3) is 0 Å². The fraction of sp³-hybridized carbons (Fsp3) is 0.211. The van der Waals surface area contributed by atoms with Crippen LogP contribution in [0.1, 0.15) is 21.6 Å². The number of hydrogen-bond donors (Lipinski definition) is 3. The highest BCUT2D eigenvalue weighted by atomic mass is 19.3. The van der Waals surface area contributed by atoms with Gasteiger partial charge in [-0.1, -0.05) is 0 Å². The topological polar surface area (TPSA) is 122 Å². The summed E-state index contributed by atoms with van der Waals surface area (Å²) in [6, 6.07) is 6.25. The molecular formula is C19H17F3N6O2. The number of amides is 2. The second-order valence-corrected chi connectivity index (χ2v) is 6.42. The van der Waals surface area contributed by atoms with Crippen molar-refractivity contribution >= 4 is 29.6 Å². The molecule has 2 heterocycles. The fourth-order valence-corrected chi connectivity index (χ4v) is 2.90. The zero-order valence-corrected chi connectivity index (χ0v) is 15.7. The third-order valence-electron chi connectivity index (χ3n) is 4.42. The van der Waals surface area contributed by atoms with Crippen molar-refractivity contribution < 1.29 is 22.8 Å². The predicted molar refractivity (Wildman–Crippen MR) is 104 cm³/mol. The van der Waals surface area contributed by atoms with Gasteiger partial charge in [0.15, 0.2) is 11.4 Å². The average Bonchev–Trinajstić information content (AvgIpc) is 2.72. The maximum Gasteiger partial charge on any atom is 0.286 e. The first-order valence-electron chi connectivity index (χ1n) is 8.68. The Kier molecular flexibility index (Phi) is 5.81. The van der Waals surface area contributed by atoms with Crippen LogP contribution in [-0.4, -0.2) is 48.9 Å². The van der Waals surface area contributed by atoms with Gasteiger partial charge in [-0.3, -0.25) is 19.6 Å². The number of nitrogens with zero attached hydrogens (tertiary/aromatic N) is 3. The van der Waals surface area contributed by atoms with Crippen molar-refractivity contribution in [1.82, 2.24) is 10.3 Å². The van der Waals surface area contributed by atoms with Crippen LogP contribution in [0.15, 0.2) is 46.5 Å². The smallest absolute Gasteiger partial charge is 0.286 e. The first kappa shape index (κ1) is 21.0. The van der Waals surface area contributed by atoms with Crippen molar-refractivity contribution in [2.75, 3.05) is 18.9 Å². The summed E-state index contributed by atoms with van der Waals surface area (Å²) in [4.78, 5) is 35.3. The Morgan fingerprint density at radius 1 is 1.37 bits per heavy atom. The number of anilines is 1. The molecule has 1 unspecified atom stereocenters. The second-order valence-electron chi connectivity index (χ2n) is 6.42. The third-order valence-corrected chi connectivity index (χ3v) is 4.42. The molecule has 0 spiro atoms. The van der Waals surface area contributed by atoms with E-state index >= 15 is 0 Å². The second kappa shape index (κ2) is 8.31. The lowest BCUT2D eigenvalue weighted by atomic mass is 9.88. The monoisotopic (exact) mass is 418 g/mol. The summed E-state index contributed by atoms with van der Waals surface area (Å²) < 4.78 is 42.3. The molecule has 0 aliphatic carbocycles. The first-order chi connectivity index (χ1) is 14.3. The van der Waals surface area contributed by atoms with E-state index < -0.39 is 47.5 Å². The zero-order chi connectivity index (χ0) is 21.9. The van der Waals surface area contributed by atoms with E-state index in [1.165, 1.54) is 18.3 Å². The van der Waals surface area contributed by atoms with Crippen LogP contribution in [-0.2, 0) is 10.3 Å². The molecule has 11 heteroatoms. The van der Waals surface area contributed by atoms with Gasteiger partial charge >= 0.3 is 0 Å². The molecule has 0 saturated heterocycles. The number of carbonyl (C=O) groups excluding carboxylic acids is 2. The molecule has 1 aliphatic rings. The van der Waals surface area contributed by atoms with E-state index in [2.05, 4.69) is 25.6 Å². The Balaban J connectivity index is 1.93. The number of benzene rings is 1. The predicted octanol–water partition coefficient (Wildman–Crippen LogP) is 1.47.